The van der Waals surface area contributed by atoms with Crippen molar-refractivity contribution in [3.05, 3.63) is 29.6 Å². The van der Waals surface area contributed by atoms with Crippen molar-refractivity contribution in [3.8, 4) is 0 Å². The van der Waals surface area contributed by atoms with E-state index in [-0.39, 0.29) is 5.82 Å². The van der Waals surface area contributed by atoms with Crippen LogP contribution in [-0.4, -0.2) is 13.1 Å². The van der Waals surface area contributed by atoms with Gasteiger partial charge in [0.1, 0.15) is 5.82 Å². The summed E-state index contributed by atoms with van der Waals surface area (Å²) >= 11 is 5.72. The summed E-state index contributed by atoms with van der Waals surface area (Å²) < 4.78 is 14.1. The fourth-order valence-corrected chi connectivity index (χ4v) is 2.21. The van der Waals surface area contributed by atoms with E-state index in [0.717, 1.165) is 18.7 Å². The first-order valence-corrected chi connectivity index (χ1v) is 7.06. The molecule has 1 aromatic carbocycles. The average molecular weight is 272 g/mol. The molecular weight excluding hydrogens is 249 g/mol. The molecule has 3 heteroatoms. The zero-order chi connectivity index (χ0) is 13.7. The smallest absolute Gasteiger partial charge is 0.146 e. The minimum absolute atomic E-state index is 0.172. The quantitative estimate of drug-likeness (QED) is 0.679. The van der Waals surface area contributed by atoms with Gasteiger partial charge in [0.25, 0.3) is 0 Å². The van der Waals surface area contributed by atoms with Crippen LogP contribution in [-0.2, 0) is 5.88 Å². The Balaban J connectivity index is 2.96. The molecule has 18 heavy (non-hydrogen) atoms. The molecular formula is C15H23ClFN. The minimum atomic E-state index is -0.172. The van der Waals surface area contributed by atoms with Crippen LogP contribution in [0.25, 0.3) is 0 Å². The number of anilines is 1. The van der Waals surface area contributed by atoms with Crippen molar-refractivity contribution in [3.63, 3.8) is 0 Å². The van der Waals surface area contributed by atoms with E-state index < -0.39 is 0 Å². The summed E-state index contributed by atoms with van der Waals surface area (Å²) in [7, 11) is 0. The van der Waals surface area contributed by atoms with E-state index in [9.17, 15) is 4.39 Å². The zero-order valence-corrected chi connectivity index (χ0v) is 12.5. The fraction of sp³-hybridized carbons (Fsp3) is 0.600. The van der Waals surface area contributed by atoms with E-state index in [1.807, 2.05) is 12.1 Å². The van der Waals surface area contributed by atoms with Crippen LogP contribution in [0.4, 0.5) is 10.1 Å². The molecule has 0 aliphatic carbocycles. The number of hydrogen-bond donors (Lipinski definition) is 0. The molecule has 1 nitrogen and oxygen atoms in total. The first kappa shape index (κ1) is 15.3. The Morgan fingerprint density at radius 2 is 1.67 bits per heavy atom. The summed E-state index contributed by atoms with van der Waals surface area (Å²) in [6.07, 6.45) is 0. The number of alkyl halides is 1. The van der Waals surface area contributed by atoms with E-state index in [4.69, 9.17) is 11.6 Å². The molecule has 0 atom stereocenters. The van der Waals surface area contributed by atoms with Crippen LogP contribution in [0.1, 0.15) is 33.3 Å². The van der Waals surface area contributed by atoms with Crippen molar-refractivity contribution in [2.45, 2.75) is 33.6 Å². The molecule has 0 saturated carbocycles. The first-order valence-electron chi connectivity index (χ1n) is 6.53. The number of benzene rings is 1. The van der Waals surface area contributed by atoms with E-state index in [2.05, 4.69) is 32.6 Å². The van der Waals surface area contributed by atoms with Crippen molar-refractivity contribution < 1.29 is 4.39 Å². The van der Waals surface area contributed by atoms with Crippen LogP contribution in [0.5, 0.6) is 0 Å². The zero-order valence-electron chi connectivity index (χ0n) is 11.7. The average Bonchev–Trinajstić information content (AvgIpc) is 2.26. The summed E-state index contributed by atoms with van der Waals surface area (Å²) in [6, 6.07) is 5.28. The lowest BCUT2D eigenvalue weighted by molar-refractivity contribution is 0.537. The standard InChI is InChI=1S/C15H23ClFN/c1-11(2)9-18(10-12(3)4)15-6-5-13(8-16)7-14(15)17/h5-7,11-12H,8-10H2,1-4H3. The Morgan fingerprint density at radius 3 is 2.06 bits per heavy atom. The number of halogens is 2. The van der Waals surface area contributed by atoms with Crippen molar-refractivity contribution in [1.82, 2.24) is 0 Å². The van der Waals surface area contributed by atoms with Crippen molar-refractivity contribution in [2.24, 2.45) is 11.8 Å². The fourth-order valence-electron chi connectivity index (χ4n) is 2.04. The van der Waals surface area contributed by atoms with E-state index >= 15 is 0 Å². The Morgan fingerprint density at radius 1 is 1.11 bits per heavy atom. The second-order valence-corrected chi connectivity index (χ2v) is 5.88. The molecule has 0 radical (unpaired) electrons. The van der Waals surface area contributed by atoms with Gasteiger partial charge in [0.2, 0.25) is 0 Å². The molecule has 102 valence electrons. The van der Waals surface area contributed by atoms with Gasteiger partial charge in [0.05, 0.1) is 5.69 Å². The Hall–Kier alpha value is -0.760. The summed E-state index contributed by atoms with van der Waals surface area (Å²) in [5.74, 6) is 1.20. The molecule has 0 unspecified atom stereocenters. The summed E-state index contributed by atoms with van der Waals surface area (Å²) in [5, 5.41) is 0. The topological polar surface area (TPSA) is 3.24 Å². The minimum Gasteiger partial charge on any atom is -0.369 e. The Labute approximate surface area is 115 Å². The van der Waals surface area contributed by atoms with Gasteiger partial charge in [0, 0.05) is 19.0 Å². The highest BCUT2D eigenvalue weighted by molar-refractivity contribution is 6.17. The van der Waals surface area contributed by atoms with Crippen LogP contribution in [0.2, 0.25) is 0 Å². The van der Waals surface area contributed by atoms with Gasteiger partial charge in [-0.15, -0.1) is 11.6 Å². The molecule has 0 amide bonds. The monoisotopic (exact) mass is 271 g/mol. The maximum atomic E-state index is 14.1. The van der Waals surface area contributed by atoms with Crippen LogP contribution in [0.3, 0.4) is 0 Å². The predicted molar refractivity (Wildman–Crippen MR) is 77.8 cm³/mol. The van der Waals surface area contributed by atoms with Crippen molar-refractivity contribution in [1.29, 1.82) is 0 Å². The SMILES string of the molecule is CC(C)CN(CC(C)C)c1ccc(CCl)cc1F. The van der Waals surface area contributed by atoms with Gasteiger partial charge in [-0.2, -0.15) is 0 Å². The Kier molecular flexibility index (Phi) is 5.94. The van der Waals surface area contributed by atoms with Crippen molar-refractivity contribution >= 4 is 17.3 Å². The molecule has 1 aromatic rings. The number of nitrogens with zero attached hydrogens (tertiary/aromatic N) is 1. The molecule has 0 aliphatic rings. The van der Waals surface area contributed by atoms with Crippen LogP contribution in [0, 0.1) is 17.7 Å². The third-order valence-corrected chi connectivity index (χ3v) is 2.99. The van der Waals surface area contributed by atoms with Gasteiger partial charge < -0.3 is 4.90 Å². The van der Waals surface area contributed by atoms with Gasteiger partial charge in [-0.25, -0.2) is 4.39 Å². The summed E-state index contributed by atoms with van der Waals surface area (Å²) in [6.45, 7) is 10.3. The van der Waals surface area contributed by atoms with Crippen LogP contribution in [0.15, 0.2) is 18.2 Å². The highest BCUT2D eigenvalue weighted by atomic mass is 35.5. The van der Waals surface area contributed by atoms with Crippen LogP contribution < -0.4 is 4.90 Å². The van der Waals surface area contributed by atoms with Crippen molar-refractivity contribution in [2.75, 3.05) is 18.0 Å². The van der Waals surface area contributed by atoms with Gasteiger partial charge in [0.15, 0.2) is 0 Å². The number of rotatable bonds is 6. The van der Waals surface area contributed by atoms with Gasteiger partial charge >= 0.3 is 0 Å². The Bertz CT molecular complexity index is 367. The van der Waals surface area contributed by atoms with Gasteiger partial charge in [-0.1, -0.05) is 33.8 Å². The largest absolute Gasteiger partial charge is 0.369 e. The maximum Gasteiger partial charge on any atom is 0.146 e. The predicted octanol–water partition coefficient (Wildman–Crippen LogP) is 4.68. The van der Waals surface area contributed by atoms with E-state index in [1.54, 1.807) is 0 Å². The molecule has 0 bridgehead atoms. The molecule has 0 heterocycles. The third-order valence-electron chi connectivity index (χ3n) is 2.68. The molecule has 0 saturated heterocycles. The van der Waals surface area contributed by atoms with E-state index in [1.165, 1.54) is 6.07 Å². The normalized spacial score (nSPS) is 11.3. The molecule has 0 aromatic heterocycles. The van der Waals surface area contributed by atoms with Gasteiger partial charge in [-0.05, 0) is 29.5 Å². The van der Waals surface area contributed by atoms with Crippen LogP contribution >= 0.6 is 11.6 Å². The summed E-state index contributed by atoms with van der Waals surface area (Å²) in [4.78, 5) is 2.13. The molecule has 0 fully saturated rings. The van der Waals surface area contributed by atoms with Gasteiger partial charge in [-0.3, -0.25) is 0 Å². The highest BCUT2D eigenvalue weighted by Gasteiger charge is 2.14. The second-order valence-electron chi connectivity index (χ2n) is 5.61. The third kappa shape index (κ3) is 4.49. The maximum absolute atomic E-state index is 14.1. The molecule has 0 spiro atoms. The molecule has 1 rings (SSSR count). The summed E-state index contributed by atoms with van der Waals surface area (Å²) in [5.41, 5.74) is 1.51. The second kappa shape index (κ2) is 6.98. The highest BCUT2D eigenvalue weighted by Crippen LogP contribution is 2.23. The van der Waals surface area contributed by atoms with E-state index in [0.29, 0.717) is 23.4 Å². The lowest BCUT2D eigenvalue weighted by atomic mass is 10.1. The molecule has 0 N–H and O–H groups in total. The first-order chi connectivity index (χ1) is 8.43. The lowest BCUT2D eigenvalue weighted by Gasteiger charge is -2.29. The number of hydrogen-bond acceptors (Lipinski definition) is 1. The molecule has 0 aliphatic heterocycles. The lowest BCUT2D eigenvalue weighted by Crippen LogP contribution is -2.32.